The van der Waals surface area contributed by atoms with E-state index < -0.39 is 35.7 Å². The van der Waals surface area contributed by atoms with E-state index in [0.717, 1.165) is 4.90 Å². The number of carbonyl (C=O) groups excluding carboxylic acids is 2. The largest absolute Gasteiger partial charge is 0.467 e. The molecule has 140 valence electrons. The van der Waals surface area contributed by atoms with E-state index in [-0.39, 0.29) is 0 Å². The minimum Gasteiger partial charge on any atom is -0.467 e. The van der Waals surface area contributed by atoms with E-state index in [4.69, 9.17) is 9.25 Å². The molecule has 7 heteroatoms. The summed E-state index contributed by atoms with van der Waals surface area (Å²) in [5.74, 6) is -1.57. The van der Waals surface area contributed by atoms with Crippen molar-refractivity contribution in [3.63, 3.8) is 0 Å². The zero-order valence-electron chi connectivity index (χ0n) is 14.6. The molecule has 28 heavy (non-hydrogen) atoms. The molecule has 2 amide bonds. The van der Waals surface area contributed by atoms with Crippen LogP contribution in [0.4, 0.5) is 15.8 Å². The molecule has 5 rings (SSSR count). The summed E-state index contributed by atoms with van der Waals surface area (Å²) in [6.45, 7) is 0. The van der Waals surface area contributed by atoms with Gasteiger partial charge in [-0.25, -0.2) is 14.4 Å². The number of hydroxylamine groups is 1. The van der Waals surface area contributed by atoms with Crippen LogP contribution in [-0.2, 0) is 14.4 Å². The Labute approximate surface area is 159 Å². The van der Waals surface area contributed by atoms with Crippen LogP contribution in [0.1, 0.15) is 11.8 Å². The maximum absolute atomic E-state index is 13.3. The van der Waals surface area contributed by atoms with Crippen molar-refractivity contribution in [3.05, 3.63) is 84.6 Å². The molecule has 6 nitrogen and oxygen atoms in total. The van der Waals surface area contributed by atoms with E-state index in [2.05, 4.69) is 0 Å². The van der Waals surface area contributed by atoms with Gasteiger partial charge in [0.25, 0.3) is 5.91 Å². The van der Waals surface area contributed by atoms with Crippen molar-refractivity contribution in [1.82, 2.24) is 0 Å². The Hall–Kier alpha value is -3.45. The summed E-state index contributed by atoms with van der Waals surface area (Å²) < 4.78 is 18.8. The van der Waals surface area contributed by atoms with Gasteiger partial charge >= 0.3 is 0 Å². The molecule has 0 radical (unpaired) electrons. The average molecular weight is 378 g/mol. The van der Waals surface area contributed by atoms with Gasteiger partial charge in [-0.05, 0) is 48.5 Å². The second-order valence-electron chi connectivity index (χ2n) is 6.66. The molecule has 0 N–H and O–H groups in total. The van der Waals surface area contributed by atoms with Crippen LogP contribution in [0.15, 0.2) is 77.4 Å². The van der Waals surface area contributed by atoms with Gasteiger partial charge in [-0.15, -0.1) is 0 Å². The molecule has 2 saturated heterocycles. The number of hydrogen-bond acceptors (Lipinski definition) is 5. The first-order chi connectivity index (χ1) is 13.6. The van der Waals surface area contributed by atoms with Crippen molar-refractivity contribution in [2.24, 2.45) is 5.92 Å². The normalized spacial score (nSPS) is 24.1. The Balaban J connectivity index is 1.56. The fraction of sp³-hybridized carbons (Fsp3) is 0.143. The lowest BCUT2D eigenvalue weighted by molar-refractivity contribution is -0.126. The third-order valence-corrected chi connectivity index (χ3v) is 5.05. The number of para-hydroxylation sites is 1. The number of nitrogens with zero attached hydrogens (tertiary/aromatic N) is 2. The molecule has 3 unspecified atom stereocenters. The molecule has 3 heterocycles. The Morgan fingerprint density at radius 2 is 1.57 bits per heavy atom. The number of rotatable bonds is 3. The van der Waals surface area contributed by atoms with Crippen LogP contribution in [0.2, 0.25) is 0 Å². The quantitative estimate of drug-likeness (QED) is 0.653. The molecule has 0 spiro atoms. The summed E-state index contributed by atoms with van der Waals surface area (Å²) in [5.41, 5.74) is 1.03. The van der Waals surface area contributed by atoms with Gasteiger partial charge in [0.2, 0.25) is 5.91 Å². The maximum Gasteiger partial charge on any atom is 0.266 e. The first kappa shape index (κ1) is 16.7. The van der Waals surface area contributed by atoms with E-state index >= 15 is 0 Å². The van der Waals surface area contributed by atoms with Crippen LogP contribution >= 0.6 is 0 Å². The predicted octanol–water partition coefficient (Wildman–Crippen LogP) is 3.47. The van der Waals surface area contributed by atoms with Crippen molar-refractivity contribution in [2.45, 2.75) is 12.1 Å². The minimum absolute atomic E-state index is 0.318. The first-order valence-electron chi connectivity index (χ1n) is 8.83. The molecule has 3 aromatic rings. The van der Waals surface area contributed by atoms with Crippen molar-refractivity contribution in [3.8, 4) is 0 Å². The zero-order valence-corrected chi connectivity index (χ0v) is 14.6. The second-order valence-corrected chi connectivity index (χ2v) is 6.66. The molecule has 0 aliphatic carbocycles. The molecule has 0 bridgehead atoms. The summed E-state index contributed by atoms with van der Waals surface area (Å²) in [6, 6.07) is 17.4. The summed E-state index contributed by atoms with van der Waals surface area (Å²) in [6.07, 6.45) is 0.540. The third kappa shape index (κ3) is 2.44. The van der Waals surface area contributed by atoms with Crippen LogP contribution in [0, 0.1) is 11.7 Å². The number of amides is 2. The molecular weight excluding hydrogens is 363 g/mol. The minimum atomic E-state index is -0.979. The van der Waals surface area contributed by atoms with Crippen LogP contribution in [0.5, 0.6) is 0 Å². The van der Waals surface area contributed by atoms with Gasteiger partial charge < -0.3 is 4.42 Å². The van der Waals surface area contributed by atoms with Crippen molar-refractivity contribution in [2.75, 3.05) is 9.96 Å². The molecule has 1 aromatic heterocycles. The summed E-state index contributed by atoms with van der Waals surface area (Å²) in [4.78, 5) is 33.2. The predicted molar refractivity (Wildman–Crippen MR) is 97.6 cm³/mol. The molecular formula is C21H15FN2O4. The molecule has 2 fully saturated rings. The topological polar surface area (TPSA) is 63.0 Å². The highest BCUT2D eigenvalue weighted by atomic mass is 19.1. The van der Waals surface area contributed by atoms with Crippen LogP contribution in [0.25, 0.3) is 0 Å². The summed E-state index contributed by atoms with van der Waals surface area (Å²) in [5, 5.41) is 1.56. The zero-order chi connectivity index (χ0) is 19.3. The van der Waals surface area contributed by atoms with Gasteiger partial charge in [0.15, 0.2) is 6.10 Å². The highest BCUT2D eigenvalue weighted by Gasteiger charge is 2.61. The number of hydrogen-bond donors (Lipinski definition) is 0. The smallest absolute Gasteiger partial charge is 0.266 e. The highest BCUT2D eigenvalue weighted by Crippen LogP contribution is 2.47. The maximum atomic E-state index is 13.3. The van der Waals surface area contributed by atoms with Crippen LogP contribution in [0.3, 0.4) is 0 Å². The fourth-order valence-corrected chi connectivity index (χ4v) is 3.81. The SMILES string of the molecule is O=C1C2ON(c3ccccc3)C(c3ccco3)C2C(=O)N1c1ccc(F)cc1. The number of furan rings is 1. The Bertz CT molecular complexity index is 1020. The van der Waals surface area contributed by atoms with Crippen LogP contribution in [-0.4, -0.2) is 17.9 Å². The Kier molecular flexibility index (Phi) is 3.77. The number of anilines is 2. The lowest BCUT2D eigenvalue weighted by Gasteiger charge is -2.27. The van der Waals surface area contributed by atoms with Crippen LogP contribution < -0.4 is 9.96 Å². The average Bonchev–Trinajstić information content (AvgIpc) is 3.42. The van der Waals surface area contributed by atoms with E-state index in [1.54, 1.807) is 17.2 Å². The number of benzene rings is 2. The van der Waals surface area contributed by atoms with E-state index in [1.807, 2.05) is 30.3 Å². The van der Waals surface area contributed by atoms with Crippen molar-refractivity contribution >= 4 is 23.2 Å². The number of imide groups is 1. The first-order valence-corrected chi connectivity index (χ1v) is 8.83. The van der Waals surface area contributed by atoms with Gasteiger partial charge in [-0.3, -0.25) is 14.4 Å². The van der Waals surface area contributed by atoms with E-state index in [1.165, 1.54) is 30.5 Å². The number of halogens is 1. The third-order valence-electron chi connectivity index (χ3n) is 5.05. The van der Waals surface area contributed by atoms with Gasteiger partial charge in [0.1, 0.15) is 23.5 Å². The van der Waals surface area contributed by atoms with Gasteiger partial charge in [0, 0.05) is 0 Å². The lowest BCUT2D eigenvalue weighted by Crippen LogP contribution is -2.37. The van der Waals surface area contributed by atoms with Gasteiger partial charge in [-0.1, -0.05) is 18.2 Å². The molecule has 2 aromatic carbocycles. The number of carbonyl (C=O) groups is 2. The van der Waals surface area contributed by atoms with Gasteiger partial charge in [-0.2, -0.15) is 0 Å². The fourth-order valence-electron chi connectivity index (χ4n) is 3.81. The van der Waals surface area contributed by atoms with E-state index in [0.29, 0.717) is 17.1 Å². The molecule has 2 aliphatic rings. The Morgan fingerprint density at radius 3 is 2.25 bits per heavy atom. The Morgan fingerprint density at radius 1 is 0.821 bits per heavy atom. The molecule has 0 saturated carbocycles. The highest BCUT2D eigenvalue weighted by molar-refractivity contribution is 6.23. The second kappa shape index (κ2) is 6.31. The molecule has 3 atom stereocenters. The van der Waals surface area contributed by atoms with Crippen molar-refractivity contribution < 1.29 is 23.2 Å². The lowest BCUT2D eigenvalue weighted by atomic mass is 9.94. The standard InChI is InChI=1S/C21H15FN2O4/c22-13-8-10-14(11-9-13)23-20(25)17-18(16-7-4-12-27-16)24(28-19(17)21(23)26)15-5-2-1-3-6-15/h1-12,17-19H. The summed E-state index contributed by atoms with van der Waals surface area (Å²) in [7, 11) is 0. The van der Waals surface area contributed by atoms with Crippen molar-refractivity contribution in [1.29, 1.82) is 0 Å². The monoisotopic (exact) mass is 378 g/mol. The van der Waals surface area contributed by atoms with Gasteiger partial charge in [0.05, 0.1) is 17.6 Å². The summed E-state index contributed by atoms with van der Waals surface area (Å²) >= 11 is 0. The van der Waals surface area contributed by atoms with E-state index in [9.17, 15) is 14.0 Å². The number of fused-ring (bicyclic) bond motifs is 1. The molecule has 2 aliphatic heterocycles.